The molecule has 2 aromatic rings. The highest BCUT2D eigenvalue weighted by atomic mass is 35.5. The van der Waals surface area contributed by atoms with Crippen molar-refractivity contribution in [3.8, 4) is 5.75 Å². The summed E-state index contributed by atoms with van der Waals surface area (Å²) in [5.41, 5.74) is 0.936. The van der Waals surface area contributed by atoms with E-state index in [1.807, 2.05) is 0 Å². The molecular weight excluding hydrogens is 451 g/mol. The highest BCUT2D eigenvalue weighted by molar-refractivity contribution is 7.89. The van der Waals surface area contributed by atoms with E-state index in [1.54, 1.807) is 24.3 Å². The number of sulfonamides is 1. The molecular formula is C20H20Cl2N2O5S. The van der Waals surface area contributed by atoms with Crippen LogP contribution in [0.4, 0.5) is 5.69 Å². The summed E-state index contributed by atoms with van der Waals surface area (Å²) in [5, 5.41) is 3.45. The summed E-state index contributed by atoms with van der Waals surface area (Å²) in [4.78, 5) is 12.4. The second kappa shape index (κ2) is 9.80. The lowest BCUT2D eigenvalue weighted by Crippen LogP contribution is -2.40. The Morgan fingerprint density at radius 2 is 1.87 bits per heavy atom. The predicted molar refractivity (Wildman–Crippen MR) is 117 cm³/mol. The molecule has 0 radical (unpaired) electrons. The van der Waals surface area contributed by atoms with Gasteiger partial charge in [0.05, 0.1) is 41.0 Å². The predicted octanol–water partition coefficient (Wildman–Crippen LogP) is 3.67. The van der Waals surface area contributed by atoms with Crippen LogP contribution < -0.4 is 10.1 Å². The third-order valence-electron chi connectivity index (χ3n) is 4.41. The molecule has 0 saturated carbocycles. The number of ether oxygens (including phenoxy) is 2. The molecule has 0 atom stereocenters. The van der Waals surface area contributed by atoms with Crippen LogP contribution in [-0.2, 0) is 19.6 Å². The molecule has 1 aliphatic rings. The number of rotatable bonds is 6. The summed E-state index contributed by atoms with van der Waals surface area (Å²) in [6.07, 6.45) is 2.88. The number of carbonyl (C=O) groups is 1. The molecule has 3 rings (SSSR count). The fraction of sp³-hybridized carbons (Fsp3) is 0.250. The minimum atomic E-state index is -3.71. The van der Waals surface area contributed by atoms with Gasteiger partial charge in [-0.25, -0.2) is 8.42 Å². The number of nitrogens with one attached hydrogen (secondary N) is 1. The molecule has 1 saturated heterocycles. The van der Waals surface area contributed by atoms with E-state index < -0.39 is 15.9 Å². The first-order valence-electron chi connectivity index (χ1n) is 9.01. The van der Waals surface area contributed by atoms with Crippen molar-refractivity contribution in [1.29, 1.82) is 0 Å². The second-order valence-corrected chi connectivity index (χ2v) is 9.13. The highest BCUT2D eigenvalue weighted by Gasteiger charge is 2.27. The van der Waals surface area contributed by atoms with Crippen molar-refractivity contribution in [1.82, 2.24) is 4.31 Å². The molecule has 2 aromatic carbocycles. The van der Waals surface area contributed by atoms with Gasteiger partial charge < -0.3 is 14.8 Å². The number of anilines is 1. The molecule has 7 nitrogen and oxygen atoms in total. The third-order valence-corrected chi connectivity index (χ3v) is 7.04. The lowest BCUT2D eigenvalue weighted by molar-refractivity contribution is -0.111. The Hall–Kier alpha value is -2.10. The quantitative estimate of drug-likeness (QED) is 0.650. The van der Waals surface area contributed by atoms with E-state index >= 15 is 0 Å². The molecule has 1 N–H and O–H groups in total. The topological polar surface area (TPSA) is 84.9 Å². The van der Waals surface area contributed by atoms with Crippen molar-refractivity contribution in [2.45, 2.75) is 4.90 Å². The van der Waals surface area contributed by atoms with Gasteiger partial charge in [-0.05, 0) is 42.0 Å². The summed E-state index contributed by atoms with van der Waals surface area (Å²) in [7, 11) is -2.27. The number of methoxy groups -OCH3 is 1. The van der Waals surface area contributed by atoms with Crippen LogP contribution in [0, 0.1) is 0 Å². The molecule has 1 amide bonds. The van der Waals surface area contributed by atoms with Crippen molar-refractivity contribution in [2.75, 3.05) is 38.7 Å². The zero-order valence-electron chi connectivity index (χ0n) is 16.1. The van der Waals surface area contributed by atoms with Crippen molar-refractivity contribution in [3.05, 3.63) is 58.1 Å². The van der Waals surface area contributed by atoms with Gasteiger partial charge in [-0.2, -0.15) is 4.31 Å². The molecule has 1 aliphatic heterocycles. The number of halogens is 2. The van der Waals surface area contributed by atoms with Gasteiger partial charge in [-0.1, -0.05) is 29.3 Å². The van der Waals surface area contributed by atoms with E-state index in [0.717, 1.165) is 0 Å². The van der Waals surface area contributed by atoms with Crippen LogP contribution >= 0.6 is 23.2 Å². The van der Waals surface area contributed by atoms with Gasteiger partial charge in [0.1, 0.15) is 5.75 Å². The van der Waals surface area contributed by atoms with Crippen molar-refractivity contribution in [3.63, 3.8) is 0 Å². The molecule has 1 fully saturated rings. The largest absolute Gasteiger partial charge is 0.495 e. The molecule has 1 heterocycles. The number of hydrogen-bond acceptors (Lipinski definition) is 5. The van der Waals surface area contributed by atoms with Crippen LogP contribution in [0.2, 0.25) is 10.0 Å². The van der Waals surface area contributed by atoms with Crippen LogP contribution in [-0.4, -0.2) is 52.0 Å². The Balaban J connectivity index is 1.80. The molecule has 0 aromatic heterocycles. The number of hydrogen-bond donors (Lipinski definition) is 1. The van der Waals surface area contributed by atoms with E-state index in [4.69, 9.17) is 32.7 Å². The Morgan fingerprint density at radius 3 is 2.53 bits per heavy atom. The maximum atomic E-state index is 12.9. The summed E-state index contributed by atoms with van der Waals surface area (Å²) < 4.78 is 37.6. The van der Waals surface area contributed by atoms with E-state index in [0.29, 0.717) is 34.6 Å². The van der Waals surface area contributed by atoms with Crippen molar-refractivity contribution >= 4 is 50.9 Å². The van der Waals surface area contributed by atoms with Gasteiger partial charge in [0.15, 0.2) is 0 Å². The maximum absolute atomic E-state index is 12.9. The Bertz CT molecular complexity index is 1070. The minimum Gasteiger partial charge on any atom is -0.495 e. The third kappa shape index (κ3) is 5.33. The summed E-state index contributed by atoms with van der Waals surface area (Å²) in [6.45, 7) is 1.25. The van der Waals surface area contributed by atoms with Gasteiger partial charge >= 0.3 is 0 Å². The Morgan fingerprint density at radius 1 is 1.13 bits per heavy atom. The molecule has 30 heavy (non-hydrogen) atoms. The second-order valence-electron chi connectivity index (χ2n) is 6.37. The molecule has 160 valence electrons. The van der Waals surface area contributed by atoms with Crippen molar-refractivity contribution < 1.29 is 22.7 Å². The normalized spacial score (nSPS) is 15.3. The summed E-state index contributed by atoms with van der Waals surface area (Å²) in [6, 6.07) is 9.31. The Kier molecular flexibility index (Phi) is 7.38. The van der Waals surface area contributed by atoms with E-state index in [-0.39, 0.29) is 23.7 Å². The maximum Gasteiger partial charge on any atom is 0.248 e. The van der Waals surface area contributed by atoms with Crippen LogP contribution in [0.25, 0.3) is 6.08 Å². The molecule has 0 unspecified atom stereocenters. The fourth-order valence-electron chi connectivity index (χ4n) is 2.84. The van der Waals surface area contributed by atoms with Crippen LogP contribution in [0.1, 0.15) is 5.56 Å². The zero-order valence-corrected chi connectivity index (χ0v) is 18.4. The smallest absolute Gasteiger partial charge is 0.248 e. The highest BCUT2D eigenvalue weighted by Crippen LogP contribution is 2.29. The monoisotopic (exact) mass is 470 g/mol. The molecule has 0 aliphatic carbocycles. The molecule has 0 bridgehead atoms. The van der Waals surface area contributed by atoms with Crippen LogP contribution in [0.3, 0.4) is 0 Å². The number of nitrogens with zero attached hydrogens (tertiary/aromatic N) is 1. The van der Waals surface area contributed by atoms with Gasteiger partial charge in [0.2, 0.25) is 15.9 Å². The first-order chi connectivity index (χ1) is 14.3. The lowest BCUT2D eigenvalue weighted by Gasteiger charge is -2.26. The lowest BCUT2D eigenvalue weighted by atomic mass is 10.2. The number of carbonyl (C=O) groups excluding carboxylic acids is 1. The number of benzene rings is 2. The average molecular weight is 471 g/mol. The summed E-state index contributed by atoms with van der Waals surface area (Å²) >= 11 is 11.9. The van der Waals surface area contributed by atoms with Crippen LogP contribution in [0.15, 0.2) is 47.4 Å². The Labute approximate surface area is 185 Å². The fourth-order valence-corrected chi connectivity index (χ4v) is 4.58. The average Bonchev–Trinajstić information content (AvgIpc) is 2.75. The van der Waals surface area contributed by atoms with Gasteiger partial charge in [0.25, 0.3) is 0 Å². The molecule has 0 spiro atoms. The standard InChI is InChI=1S/C20H20Cl2N2O5S/c1-28-19-6-4-15(30(26,27)24-8-10-29-11-9-24)13-18(19)23-20(25)7-3-14-2-5-16(21)17(22)12-14/h2-7,12-13H,8-11H2,1H3,(H,23,25)/b7-3+. The first-order valence-corrected chi connectivity index (χ1v) is 11.2. The van der Waals surface area contributed by atoms with Gasteiger partial charge in [-0.15, -0.1) is 0 Å². The molecule has 10 heteroatoms. The first kappa shape index (κ1) is 22.6. The van der Waals surface area contributed by atoms with E-state index in [2.05, 4.69) is 5.32 Å². The van der Waals surface area contributed by atoms with Gasteiger partial charge in [0, 0.05) is 19.2 Å². The van der Waals surface area contributed by atoms with Gasteiger partial charge in [-0.3, -0.25) is 4.79 Å². The van der Waals surface area contributed by atoms with E-state index in [1.165, 1.54) is 35.7 Å². The number of amides is 1. The SMILES string of the molecule is COc1ccc(S(=O)(=O)N2CCOCC2)cc1NC(=O)/C=C/c1ccc(Cl)c(Cl)c1. The van der Waals surface area contributed by atoms with E-state index in [9.17, 15) is 13.2 Å². The summed E-state index contributed by atoms with van der Waals surface area (Å²) in [5.74, 6) is -0.118. The zero-order chi connectivity index (χ0) is 21.7. The van der Waals surface area contributed by atoms with Crippen molar-refractivity contribution in [2.24, 2.45) is 0 Å². The van der Waals surface area contributed by atoms with Crippen LogP contribution in [0.5, 0.6) is 5.75 Å². The minimum absolute atomic E-state index is 0.0639. The number of morpholine rings is 1.